The van der Waals surface area contributed by atoms with Crippen molar-refractivity contribution >= 4 is 21.6 Å². The van der Waals surface area contributed by atoms with E-state index in [4.69, 9.17) is 5.26 Å². The summed E-state index contributed by atoms with van der Waals surface area (Å²) >= 11 is 3.35. The van der Waals surface area contributed by atoms with Gasteiger partial charge in [-0.2, -0.15) is 5.26 Å². The minimum atomic E-state index is 0.294. The van der Waals surface area contributed by atoms with Gasteiger partial charge in [0, 0.05) is 10.9 Å². The van der Waals surface area contributed by atoms with Gasteiger partial charge in [0.05, 0.1) is 0 Å². The predicted octanol–water partition coefficient (Wildman–Crippen LogP) is 2.46. The molecular formula is C10H9BrN2O. The van der Waals surface area contributed by atoms with Gasteiger partial charge in [-0.15, -0.1) is 0 Å². The fourth-order valence-corrected chi connectivity index (χ4v) is 1.58. The lowest BCUT2D eigenvalue weighted by molar-refractivity contribution is 0.214. The van der Waals surface area contributed by atoms with Crippen molar-refractivity contribution in [3.8, 4) is 6.07 Å². The van der Waals surface area contributed by atoms with Gasteiger partial charge in [-0.05, 0) is 5.56 Å². The lowest BCUT2D eigenvalue weighted by atomic mass is 10.1. The summed E-state index contributed by atoms with van der Waals surface area (Å²) in [6.07, 6.45) is 0. The van der Waals surface area contributed by atoms with E-state index in [-0.39, 0.29) is 0 Å². The molecule has 1 aromatic carbocycles. The standard InChI is InChI=1S/C10H9BrN2O/c1-14-13-10(7-12)9-5-3-2-4-8(9)6-11/h2-5H,6H2,1H3/b13-10-. The van der Waals surface area contributed by atoms with E-state index >= 15 is 0 Å². The zero-order chi connectivity index (χ0) is 10.4. The minimum Gasteiger partial charge on any atom is -0.398 e. The van der Waals surface area contributed by atoms with Crippen LogP contribution >= 0.6 is 15.9 Å². The van der Waals surface area contributed by atoms with Gasteiger partial charge < -0.3 is 4.84 Å². The van der Waals surface area contributed by atoms with E-state index in [1.807, 2.05) is 30.3 Å². The van der Waals surface area contributed by atoms with Gasteiger partial charge in [0.25, 0.3) is 0 Å². The Morgan fingerprint density at radius 3 is 2.86 bits per heavy atom. The summed E-state index contributed by atoms with van der Waals surface area (Å²) in [5.41, 5.74) is 2.11. The van der Waals surface area contributed by atoms with Gasteiger partial charge in [-0.1, -0.05) is 45.4 Å². The van der Waals surface area contributed by atoms with E-state index in [2.05, 4.69) is 25.9 Å². The van der Waals surface area contributed by atoms with E-state index in [0.717, 1.165) is 11.1 Å². The number of nitrogens with zero attached hydrogens (tertiary/aromatic N) is 2. The zero-order valence-electron chi connectivity index (χ0n) is 7.70. The molecule has 4 heteroatoms. The van der Waals surface area contributed by atoms with Crippen molar-refractivity contribution in [3.63, 3.8) is 0 Å². The van der Waals surface area contributed by atoms with Crippen LogP contribution in [0, 0.1) is 11.3 Å². The Bertz CT molecular complexity index is 382. The molecule has 0 radical (unpaired) electrons. The second kappa shape index (κ2) is 5.40. The fraction of sp³-hybridized carbons (Fsp3) is 0.200. The Morgan fingerprint density at radius 2 is 2.29 bits per heavy atom. The molecule has 0 saturated carbocycles. The van der Waals surface area contributed by atoms with Crippen molar-refractivity contribution in [2.24, 2.45) is 5.16 Å². The molecule has 0 aromatic heterocycles. The molecule has 0 saturated heterocycles. The third kappa shape index (κ3) is 2.33. The first kappa shape index (κ1) is 10.7. The predicted molar refractivity (Wildman–Crippen MR) is 58.2 cm³/mol. The summed E-state index contributed by atoms with van der Waals surface area (Å²) in [5, 5.41) is 13.2. The average molecular weight is 253 g/mol. The highest BCUT2D eigenvalue weighted by atomic mass is 79.9. The third-order valence-electron chi connectivity index (χ3n) is 1.70. The van der Waals surface area contributed by atoms with E-state index < -0.39 is 0 Å². The van der Waals surface area contributed by atoms with E-state index in [0.29, 0.717) is 11.0 Å². The molecule has 1 aromatic rings. The number of alkyl halides is 1. The highest BCUT2D eigenvalue weighted by Gasteiger charge is 2.07. The normalized spacial score (nSPS) is 10.8. The number of hydrogen-bond acceptors (Lipinski definition) is 3. The molecule has 0 unspecified atom stereocenters. The van der Waals surface area contributed by atoms with Gasteiger partial charge in [0.1, 0.15) is 13.2 Å². The number of benzene rings is 1. The van der Waals surface area contributed by atoms with Crippen LogP contribution in [0.15, 0.2) is 29.4 Å². The summed E-state index contributed by atoms with van der Waals surface area (Å²) < 4.78 is 0. The van der Waals surface area contributed by atoms with Gasteiger partial charge in [-0.3, -0.25) is 0 Å². The number of oxime groups is 1. The van der Waals surface area contributed by atoms with Crippen LogP contribution in [-0.4, -0.2) is 12.8 Å². The topological polar surface area (TPSA) is 45.4 Å². The molecule has 0 N–H and O–H groups in total. The van der Waals surface area contributed by atoms with Crippen molar-refractivity contribution in [3.05, 3.63) is 35.4 Å². The Labute approximate surface area is 91.1 Å². The maximum Gasteiger partial charge on any atom is 0.187 e. The monoisotopic (exact) mass is 252 g/mol. The average Bonchev–Trinajstić information content (AvgIpc) is 2.26. The smallest absolute Gasteiger partial charge is 0.187 e. The summed E-state index contributed by atoms with van der Waals surface area (Å²) in [4.78, 5) is 4.60. The lowest BCUT2D eigenvalue weighted by Crippen LogP contribution is -2.01. The molecule has 0 aliphatic rings. The van der Waals surface area contributed by atoms with Crippen LogP contribution in [0.3, 0.4) is 0 Å². The van der Waals surface area contributed by atoms with Gasteiger partial charge >= 0.3 is 0 Å². The Morgan fingerprint density at radius 1 is 1.57 bits per heavy atom. The van der Waals surface area contributed by atoms with Gasteiger partial charge in [0.2, 0.25) is 0 Å². The van der Waals surface area contributed by atoms with Gasteiger partial charge in [-0.25, -0.2) is 0 Å². The fourth-order valence-electron chi connectivity index (χ4n) is 1.09. The van der Waals surface area contributed by atoms with Crippen molar-refractivity contribution in [1.29, 1.82) is 5.26 Å². The minimum absolute atomic E-state index is 0.294. The van der Waals surface area contributed by atoms with Crippen LogP contribution in [0.5, 0.6) is 0 Å². The molecule has 3 nitrogen and oxygen atoms in total. The summed E-state index contributed by atoms with van der Waals surface area (Å²) in [6.45, 7) is 0. The van der Waals surface area contributed by atoms with E-state index in [1.54, 1.807) is 0 Å². The maximum atomic E-state index is 8.85. The van der Waals surface area contributed by atoms with Crippen molar-refractivity contribution in [1.82, 2.24) is 0 Å². The zero-order valence-corrected chi connectivity index (χ0v) is 9.28. The summed E-state index contributed by atoms with van der Waals surface area (Å²) in [5.74, 6) is 0. The first-order valence-corrected chi connectivity index (χ1v) is 5.11. The quantitative estimate of drug-likeness (QED) is 0.472. The highest BCUT2D eigenvalue weighted by molar-refractivity contribution is 9.08. The lowest BCUT2D eigenvalue weighted by Gasteiger charge is -2.03. The Balaban J connectivity index is 3.17. The molecule has 0 aliphatic heterocycles. The number of hydrogen-bond donors (Lipinski definition) is 0. The first-order valence-electron chi connectivity index (χ1n) is 3.99. The van der Waals surface area contributed by atoms with Crippen molar-refractivity contribution < 1.29 is 4.84 Å². The molecule has 0 fully saturated rings. The third-order valence-corrected chi connectivity index (χ3v) is 2.31. The summed E-state index contributed by atoms with van der Waals surface area (Å²) in [7, 11) is 1.42. The second-order valence-corrected chi connectivity index (χ2v) is 3.09. The van der Waals surface area contributed by atoms with Crippen LogP contribution in [0.1, 0.15) is 11.1 Å². The van der Waals surface area contributed by atoms with Gasteiger partial charge in [0.15, 0.2) is 5.71 Å². The Kier molecular flexibility index (Phi) is 4.14. The molecule has 0 bridgehead atoms. The SMILES string of the molecule is CO/N=C(/C#N)c1ccccc1CBr. The maximum absolute atomic E-state index is 8.85. The molecular weight excluding hydrogens is 244 g/mol. The molecule has 0 atom stereocenters. The van der Waals surface area contributed by atoms with Crippen molar-refractivity contribution in [2.75, 3.05) is 7.11 Å². The highest BCUT2D eigenvalue weighted by Crippen LogP contribution is 2.13. The number of rotatable bonds is 3. The second-order valence-electron chi connectivity index (χ2n) is 2.53. The van der Waals surface area contributed by atoms with Crippen LogP contribution in [0.4, 0.5) is 0 Å². The van der Waals surface area contributed by atoms with Crippen LogP contribution in [-0.2, 0) is 10.2 Å². The van der Waals surface area contributed by atoms with Crippen LogP contribution < -0.4 is 0 Å². The molecule has 0 spiro atoms. The number of nitriles is 1. The Hall–Kier alpha value is -1.34. The van der Waals surface area contributed by atoms with E-state index in [1.165, 1.54) is 7.11 Å². The first-order chi connectivity index (χ1) is 6.83. The largest absolute Gasteiger partial charge is 0.398 e. The molecule has 1 rings (SSSR count). The van der Waals surface area contributed by atoms with Crippen LogP contribution in [0.2, 0.25) is 0 Å². The van der Waals surface area contributed by atoms with E-state index in [9.17, 15) is 0 Å². The number of halogens is 1. The van der Waals surface area contributed by atoms with Crippen molar-refractivity contribution in [2.45, 2.75) is 5.33 Å². The molecule has 0 heterocycles. The molecule has 72 valence electrons. The molecule has 0 aliphatic carbocycles. The summed E-state index contributed by atoms with van der Waals surface area (Å²) in [6, 6.07) is 9.56. The molecule has 0 amide bonds. The molecule has 14 heavy (non-hydrogen) atoms. The van der Waals surface area contributed by atoms with Crippen LogP contribution in [0.25, 0.3) is 0 Å².